The monoisotopic (exact) mass is 606 g/mol. The number of imide groups is 1. The van der Waals surface area contributed by atoms with E-state index in [0.29, 0.717) is 24.1 Å². The number of rotatable bonds is 7. The highest BCUT2D eigenvalue weighted by molar-refractivity contribution is 7.91. The summed E-state index contributed by atoms with van der Waals surface area (Å²) >= 11 is 12.4. The number of amides is 4. The molecule has 1 N–H and O–H groups in total. The Morgan fingerprint density at radius 1 is 1.18 bits per heavy atom. The zero-order chi connectivity index (χ0) is 28.9. The first-order chi connectivity index (χ1) is 18.1. The quantitative estimate of drug-likeness (QED) is 0.508. The van der Waals surface area contributed by atoms with Crippen molar-refractivity contribution in [3.05, 3.63) is 51.0 Å². The largest absolute Gasteiger partial charge is 0.416 e. The molecule has 1 fully saturated rings. The van der Waals surface area contributed by atoms with E-state index < -0.39 is 51.0 Å². The third-order valence-corrected chi connectivity index (χ3v) is 9.03. The summed E-state index contributed by atoms with van der Waals surface area (Å²) in [6.45, 7) is 2.53. The number of nitrogens with one attached hydrogen (secondary N) is 1. The average Bonchev–Trinajstić information content (AvgIpc) is 2.81. The Balaban J connectivity index is 1.67. The van der Waals surface area contributed by atoms with Crippen molar-refractivity contribution in [3.63, 3.8) is 0 Å². The Bertz CT molecular complexity index is 1450. The fourth-order valence-corrected chi connectivity index (χ4v) is 6.28. The molecule has 4 rings (SSSR count). The number of allylic oxidation sites excluding steroid dienone is 1. The minimum Gasteiger partial charge on any atom is -0.351 e. The molecule has 1 saturated heterocycles. The van der Waals surface area contributed by atoms with Crippen LogP contribution in [0.5, 0.6) is 0 Å². The van der Waals surface area contributed by atoms with E-state index >= 15 is 0 Å². The maximum Gasteiger partial charge on any atom is 0.416 e. The fraction of sp³-hybridized carbons (Fsp3) is 0.417. The van der Waals surface area contributed by atoms with Crippen molar-refractivity contribution in [1.29, 1.82) is 0 Å². The average molecular weight is 607 g/mol. The van der Waals surface area contributed by atoms with Crippen LogP contribution in [-0.4, -0.2) is 79.4 Å². The summed E-state index contributed by atoms with van der Waals surface area (Å²) < 4.78 is 67.4. The molecule has 1 unspecified atom stereocenters. The predicted molar refractivity (Wildman–Crippen MR) is 137 cm³/mol. The number of likely N-dealkylation sites (tertiary alicyclic amines) is 1. The van der Waals surface area contributed by atoms with E-state index in [1.165, 1.54) is 32.0 Å². The molecular formula is C24H23Cl2F3N4O5S. The van der Waals surface area contributed by atoms with Gasteiger partial charge in [0.2, 0.25) is 11.8 Å². The molecule has 2 heterocycles. The van der Waals surface area contributed by atoms with Crippen LogP contribution in [0.3, 0.4) is 0 Å². The Labute approximate surface area is 232 Å². The lowest BCUT2D eigenvalue weighted by atomic mass is 9.85. The minimum absolute atomic E-state index is 0.0226. The molecule has 9 nitrogen and oxygen atoms in total. The molecule has 210 valence electrons. The molecule has 0 bridgehead atoms. The van der Waals surface area contributed by atoms with Crippen LogP contribution in [-0.2, 0) is 26.0 Å². The number of alkyl halides is 3. The van der Waals surface area contributed by atoms with Crippen LogP contribution in [0.25, 0.3) is 0 Å². The summed E-state index contributed by atoms with van der Waals surface area (Å²) in [4.78, 5) is 43.4. The van der Waals surface area contributed by atoms with Gasteiger partial charge in [0, 0.05) is 31.6 Å². The summed E-state index contributed by atoms with van der Waals surface area (Å²) in [7, 11) is -3.78. The molecule has 0 saturated carbocycles. The van der Waals surface area contributed by atoms with Crippen LogP contribution in [0.15, 0.2) is 50.3 Å². The van der Waals surface area contributed by atoms with Gasteiger partial charge in [-0.15, -0.1) is 0 Å². The highest BCUT2D eigenvalue weighted by atomic mass is 35.5. The topological polar surface area (TPSA) is 116 Å². The van der Waals surface area contributed by atoms with Crippen LogP contribution in [0, 0.1) is 5.92 Å². The molecule has 0 radical (unpaired) electrons. The van der Waals surface area contributed by atoms with Gasteiger partial charge in [-0.25, -0.2) is 13.2 Å². The number of halogens is 5. The van der Waals surface area contributed by atoms with E-state index in [-0.39, 0.29) is 51.0 Å². The second-order valence-electron chi connectivity index (χ2n) is 9.30. The Hall–Kier alpha value is -2.74. The summed E-state index contributed by atoms with van der Waals surface area (Å²) in [5.74, 6) is -3.16. The van der Waals surface area contributed by atoms with Crippen molar-refractivity contribution in [2.24, 2.45) is 10.9 Å². The van der Waals surface area contributed by atoms with Crippen molar-refractivity contribution >= 4 is 56.6 Å². The summed E-state index contributed by atoms with van der Waals surface area (Å²) in [6, 6.07) is 2.54. The number of aliphatic imine (C=N–C) groups is 1. The zero-order valence-electron chi connectivity index (χ0n) is 20.7. The van der Waals surface area contributed by atoms with Crippen molar-refractivity contribution in [1.82, 2.24) is 15.1 Å². The number of hydrogen-bond acceptors (Lipinski definition) is 6. The fourth-order valence-electron chi connectivity index (χ4n) is 4.66. The van der Waals surface area contributed by atoms with Gasteiger partial charge in [-0.2, -0.15) is 18.2 Å². The number of benzene rings is 1. The normalized spacial score (nSPS) is 20.9. The number of carbonyl (C=O) groups is 3. The number of fused-ring (bicyclic) bond motifs is 1. The number of hydrogen-bond donors (Lipinski definition) is 1. The van der Waals surface area contributed by atoms with E-state index in [2.05, 4.69) is 10.3 Å². The van der Waals surface area contributed by atoms with Gasteiger partial charge in [-0.05, 0) is 29.3 Å². The molecule has 0 spiro atoms. The van der Waals surface area contributed by atoms with Crippen LogP contribution < -0.4 is 5.32 Å². The first-order valence-corrected chi connectivity index (χ1v) is 14.2. The minimum atomic E-state index is -4.87. The predicted octanol–water partition coefficient (Wildman–Crippen LogP) is 3.47. The van der Waals surface area contributed by atoms with Gasteiger partial charge in [-0.3, -0.25) is 19.4 Å². The van der Waals surface area contributed by atoms with Gasteiger partial charge in [0.15, 0.2) is 9.84 Å². The number of carbonyl (C=O) groups excluding carboxylic acids is 3. The zero-order valence-corrected chi connectivity index (χ0v) is 23.0. The summed E-state index contributed by atoms with van der Waals surface area (Å²) in [5.41, 5.74) is -1.74. The molecule has 2 aliphatic heterocycles. The maximum absolute atomic E-state index is 14.1. The molecule has 3 aliphatic rings. The van der Waals surface area contributed by atoms with Gasteiger partial charge in [0.25, 0.3) is 0 Å². The maximum atomic E-state index is 14.1. The van der Waals surface area contributed by atoms with Crippen molar-refractivity contribution in [3.8, 4) is 0 Å². The SMILES string of the molecule is CCS(=O)(=O)c1ccc(Cl)cc1CN1C(=O)N=C2C(Cl)=C(CN3CC(NC(C)=O)C3)C(C(F)(F)F)=CC2C1=O. The molecule has 39 heavy (non-hydrogen) atoms. The van der Waals surface area contributed by atoms with E-state index in [1.807, 2.05) is 0 Å². The Kier molecular flexibility index (Phi) is 8.01. The molecule has 1 aromatic rings. The first-order valence-electron chi connectivity index (χ1n) is 11.7. The van der Waals surface area contributed by atoms with Crippen LogP contribution in [0.4, 0.5) is 18.0 Å². The molecule has 1 aromatic carbocycles. The van der Waals surface area contributed by atoms with Gasteiger partial charge in [-0.1, -0.05) is 36.2 Å². The van der Waals surface area contributed by atoms with E-state index in [4.69, 9.17) is 23.2 Å². The summed E-state index contributed by atoms with van der Waals surface area (Å²) in [6.07, 6.45) is -4.18. The second-order valence-corrected chi connectivity index (χ2v) is 12.4. The van der Waals surface area contributed by atoms with Crippen LogP contribution in [0.2, 0.25) is 5.02 Å². The standard InChI is InChI=1S/C24H23Cl2F3N4O5S/c1-3-39(37,38)19-5-4-14(25)6-13(19)8-33-22(35)16-7-18(24(27,28)29)17(20(26)21(16)31-23(33)36)11-32-9-15(10-32)30-12(2)34/h4-7,15-16H,3,8-11H2,1-2H3,(H,30,34). The first kappa shape index (κ1) is 29.2. The van der Waals surface area contributed by atoms with Gasteiger partial charge >= 0.3 is 12.2 Å². The van der Waals surface area contributed by atoms with Crippen LogP contribution >= 0.6 is 23.2 Å². The molecule has 0 aromatic heterocycles. The van der Waals surface area contributed by atoms with Gasteiger partial charge in [0.05, 0.1) is 39.6 Å². The Morgan fingerprint density at radius 2 is 1.85 bits per heavy atom. The van der Waals surface area contributed by atoms with Gasteiger partial charge in [0.1, 0.15) is 5.92 Å². The van der Waals surface area contributed by atoms with Crippen molar-refractivity contribution in [2.75, 3.05) is 25.4 Å². The number of urea groups is 1. The van der Waals surface area contributed by atoms with E-state index in [1.54, 1.807) is 4.90 Å². The third-order valence-electron chi connectivity index (χ3n) is 6.54. The van der Waals surface area contributed by atoms with E-state index in [0.717, 1.165) is 0 Å². The number of nitrogens with zero attached hydrogens (tertiary/aromatic N) is 3. The molecule has 15 heteroatoms. The molecule has 4 amide bonds. The third kappa shape index (κ3) is 5.91. The smallest absolute Gasteiger partial charge is 0.351 e. The van der Waals surface area contributed by atoms with Crippen molar-refractivity contribution < 1.29 is 36.0 Å². The number of sulfone groups is 1. The Morgan fingerprint density at radius 3 is 2.44 bits per heavy atom. The van der Waals surface area contributed by atoms with Crippen molar-refractivity contribution in [2.45, 2.75) is 37.5 Å². The highest BCUT2D eigenvalue weighted by Gasteiger charge is 2.47. The highest BCUT2D eigenvalue weighted by Crippen LogP contribution is 2.42. The van der Waals surface area contributed by atoms with E-state index in [9.17, 15) is 36.0 Å². The molecule has 1 aliphatic carbocycles. The lowest BCUT2D eigenvalue weighted by Gasteiger charge is -2.41. The lowest BCUT2D eigenvalue weighted by Crippen LogP contribution is -2.59. The molecule has 1 atom stereocenters. The second kappa shape index (κ2) is 10.7. The van der Waals surface area contributed by atoms with Crippen LogP contribution in [0.1, 0.15) is 19.4 Å². The van der Waals surface area contributed by atoms with Gasteiger partial charge < -0.3 is 5.32 Å². The summed E-state index contributed by atoms with van der Waals surface area (Å²) in [5, 5.41) is 2.36. The molecular weight excluding hydrogens is 584 g/mol. The lowest BCUT2D eigenvalue weighted by molar-refractivity contribution is -0.130.